The largest absolute Gasteiger partial charge is 0.462 e. The van der Waals surface area contributed by atoms with Crippen molar-refractivity contribution in [2.24, 2.45) is 0 Å². The number of alkyl halides is 1. The third kappa shape index (κ3) is 6.62. The maximum Gasteiger partial charge on any atom is 0.351 e. The predicted octanol–water partition coefficient (Wildman–Crippen LogP) is 2.88. The lowest BCUT2D eigenvalue weighted by Gasteiger charge is -2.31. The molecular weight excluding hydrogens is 518 g/mol. The number of nitrogens with one attached hydrogen (secondary N) is 1. The molecule has 14 heteroatoms. The van der Waals surface area contributed by atoms with Gasteiger partial charge in [0.2, 0.25) is 0 Å². The summed E-state index contributed by atoms with van der Waals surface area (Å²) >= 11 is 6.62. The van der Waals surface area contributed by atoms with Gasteiger partial charge in [0.1, 0.15) is 28.6 Å². The normalized spacial score (nSPS) is 26.8. The number of nitrogens with two attached hydrogens (primary N) is 1. The smallest absolute Gasteiger partial charge is 0.351 e. The molecule has 2 aromatic rings. The van der Waals surface area contributed by atoms with E-state index in [1.165, 1.54) is 19.2 Å². The number of aromatic nitrogens is 2. The summed E-state index contributed by atoms with van der Waals surface area (Å²) in [6, 6.07) is 9.26. The van der Waals surface area contributed by atoms with Gasteiger partial charge in [-0.25, -0.2) is 9.88 Å². The Morgan fingerprint density at radius 3 is 2.60 bits per heavy atom. The summed E-state index contributed by atoms with van der Waals surface area (Å²) in [5.74, 6) is -0.0820. The molecule has 11 nitrogen and oxygen atoms in total. The molecular formula is C21H29ClN4O7P2. The second-order valence-corrected chi connectivity index (χ2v) is 12.7. The second-order valence-electron chi connectivity index (χ2n) is 8.39. The Balaban J connectivity index is 1.89. The lowest BCUT2D eigenvalue weighted by atomic mass is 10.0. The van der Waals surface area contributed by atoms with Crippen molar-refractivity contribution in [2.45, 2.75) is 63.3 Å². The van der Waals surface area contributed by atoms with Crippen molar-refractivity contribution in [2.75, 3.05) is 5.73 Å². The zero-order valence-electron chi connectivity index (χ0n) is 19.6. The predicted molar refractivity (Wildman–Crippen MR) is 134 cm³/mol. The van der Waals surface area contributed by atoms with E-state index in [2.05, 4.69) is 18.6 Å². The number of esters is 1. The third-order valence-corrected chi connectivity index (χ3v) is 8.07. The Kier molecular flexibility index (Phi) is 8.65. The Hall–Kier alpha value is -1.97. The zero-order valence-corrected chi connectivity index (χ0v) is 22.3. The van der Waals surface area contributed by atoms with Crippen molar-refractivity contribution < 1.29 is 28.4 Å². The van der Waals surface area contributed by atoms with Crippen LogP contribution in [0.2, 0.25) is 0 Å². The number of benzene rings is 1. The van der Waals surface area contributed by atoms with Crippen LogP contribution in [0.4, 0.5) is 5.82 Å². The van der Waals surface area contributed by atoms with Gasteiger partial charge in [-0.2, -0.15) is 4.98 Å². The van der Waals surface area contributed by atoms with Crippen LogP contribution in [0, 0.1) is 0 Å². The van der Waals surface area contributed by atoms with E-state index in [4.69, 9.17) is 35.9 Å². The van der Waals surface area contributed by atoms with Crippen LogP contribution in [0.15, 0.2) is 47.4 Å². The number of anilines is 1. The van der Waals surface area contributed by atoms with Crippen molar-refractivity contribution in [1.29, 1.82) is 0 Å². The lowest BCUT2D eigenvalue weighted by molar-refractivity contribution is -0.149. The summed E-state index contributed by atoms with van der Waals surface area (Å²) < 4.78 is 24.3. The van der Waals surface area contributed by atoms with E-state index < -0.39 is 48.4 Å². The Labute approximate surface area is 210 Å². The van der Waals surface area contributed by atoms with Crippen LogP contribution < -0.4 is 21.0 Å². The molecule has 192 valence electrons. The molecule has 0 bridgehead atoms. The highest BCUT2D eigenvalue weighted by Gasteiger charge is 2.55. The van der Waals surface area contributed by atoms with E-state index in [0.717, 1.165) is 4.57 Å². The molecule has 1 aliphatic rings. The fraction of sp³-hybridized carbons (Fsp3) is 0.476. The molecule has 6 atom stereocenters. The Morgan fingerprint density at radius 2 is 2.00 bits per heavy atom. The first-order chi connectivity index (χ1) is 16.3. The van der Waals surface area contributed by atoms with E-state index in [-0.39, 0.29) is 11.9 Å². The summed E-state index contributed by atoms with van der Waals surface area (Å²) in [4.78, 5) is 27.0. The first kappa shape index (κ1) is 27.6. The van der Waals surface area contributed by atoms with Crippen LogP contribution in [0.1, 0.15) is 33.9 Å². The van der Waals surface area contributed by atoms with Crippen molar-refractivity contribution in [3.63, 3.8) is 0 Å². The summed E-state index contributed by atoms with van der Waals surface area (Å²) in [5.41, 5.74) is 4.86. The van der Waals surface area contributed by atoms with Gasteiger partial charge in [-0.3, -0.25) is 13.9 Å². The fourth-order valence-corrected chi connectivity index (χ4v) is 6.38. The van der Waals surface area contributed by atoms with Gasteiger partial charge in [-0.1, -0.05) is 18.2 Å². The maximum absolute atomic E-state index is 12.4. The first-order valence-corrected chi connectivity index (χ1v) is 14.1. The average Bonchev–Trinajstić information content (AvgIpc) is 2.97. The minimum atomic E-state index is -3.34. The number of carbonyl (C=O) groups is 1. The van der Waals surface area contributed by atoms with Gasteiger partial charge in [-0.15, -0.1) is 11.6 Å². The van der Waals surface area contributed by atoms with Crippen molar-refractivity contribution >= 4 is 39.1 Å². The molecule has 1 aliphatic heterocycles. The van der Waals surface area contributed by atoms with E-state index in [1.54, 1.807) is 45.0 Å². The molecule has 35 heavy (non-hydrogen) atoms. The molecule has 0 saturated carbocycles. The van der Waals surface area contributed by atoms with Gasteiger partial charge >= 0.3 is 11.7 Å². The molecule has 4 N–H and O–H groups in total. The number of para-hydroxylation sites is 1. The number of hydrogen-bond donors (Lipinski definition) is 3. The highest BCUT2D eigenvalue weighted by molar-refractivity contribution is 7.91. The number of halogens is 1. The number of aliphatic hydroxyl groups excluding tert-OH is 1. The SMILES string of the molecule is CC(C)OC(=O)[C@@H](C)N[P@](=P)(Oc1ccccc1)O[C@H]1O[C@@H](n2ccc(N)nc2=O)[C@](C)(Cl)[C@@H]1O. The monoisotopic (exact) mass is 546 g/mol. The van der Waals surface area contributed by atoms with Crippen LogP contribution in [0.5, 0.6) is 5.75 Å². The van der Waals surface area contributed by atoms with Crippen LogP contribution in [0.25, 0.3) is 0 Å². The van der Waals surface area contributed by atoms with Crippen LogP contribution in [-0.4, -0.2) is 50.0 Å². The topological polar surface area (TPSA) is 147 Å². The molecule has 0 amide bonds. The molecule has 0 spiro atoms. The molecule has 0 unspecified atom stereocenters. The summed E-state index contributed by atoms with van der Waals surface area (Å²) in [6.07, 6.45) is -2.88. The van der Waals surface area contributed by atoms with E-state index in [0.29, 0.717) is 5.75 Å². The van der Waals surface area contributed by atoms with Gasteiger partial charge in [-0.05, 0) is 54.4 Å². The van der Waals surface area contributed by atoms with E-state index in [1.807, 2.05) is 6.07 Å². The molecule has 1 saturated heterocycles. The molecule has 0 radical (unpaired) electrons. The van der Waals surface area contributed by atoms with E-state index in [9.17, 15) is 14.7 Å². The highest BCUT2D eigenvalue weighted by Crippen LogP contribution is 2.55. The number of nitrogen functional groups attached to an aromatic ring is 1. The summed E-state index contributed by atoms with van der Waals surface area (Å²) in [6.45, 7) is 6.54. The van der Waals surface area contributed by atoms with Crippen LogP contribution in [0.3, 0.4) is 0 Å². The Bertz CT molecular complexity index is 1150. The zero-order chi connectivity index (χ0) is 26.0. The summed E-state index contributed by atoms with van der Waals surface area (Å²) in [7, 11) is 0.179. The van der Waals surface area contributed by atoms with Gasteiger partial charge in [0.25, 0.3) is 7.15 Å². The highest BCUT2D eigenvalue weighted by atomic mass is 35.5. The van der Waals surface area contributed by atoms with Crippen molar-refractivity contribution in [1.82, 2.24) is 14.6 Å². The molecule has 3 rings (SSSR count). The van der Waals surface area contributed by atoms with E-state index >= 15 is 0 Å². The molecule has 1 aromatic heterocycles. The number of ether oxygens (including phenoxy) is 2. The third-order valence-electron chi connectivity index (χ3n) is 4.98. The molecule has 0 aliphatic carbocycles. The molecule has 1 fully saturated rings. The number of carbonyl (C=O) groups excluding carboxylic acids is 1. The lowest BCUT2D eigenvalue weighted by Crippen LogP contribution is -2.42. The minimum Gasteiger partial charge on any atom is -0.462 e. The van der Waals surface area contributed by atoms with Crippen molar-refractivity contribution in [3.8, 4) is 5.75 Å². The quantitative estimate of drug-likeness (QED) is 0.244. The average molecular weight is 547 g/mol. The minimum absolute atomic E-state index is 0.0294. The van der Waals surface area contributed by atoms with Gasteiger partial charge < -0.3 is 24.8 Å². The van der Waals surface area contributed by atoms with Gasteiger partial charge in [0.15, 0.2) is 12.5 Å². The number of hydrogen-bond acceptors (Lipinski definition) is 9. The molecule has 2 heterocycles. The van der Waals surface area contributed by atoms with Crippen LogP contribution in [-0.2, 0) is 18.8 Å². The fourth-order valence-electron chi connectivity index (χ4n) is 3.27. The summed E-state index contributed by atoms with van der Waals surface area (Å²) in [5, 5.41) is 13.9. The first-order valence-electron chi connectivity index (χ1n) is 10.7. The number of aliphatic hydroxyl groups is 1. The van der Waals surface area contributed by atoms with Gasteiger partial charge in [0.05, 0.1) is 6.10 Å². The molecule has 1 aromatic carbocycles. The van der Waals surface area contributed by atoms with Gasteiger partial charge in [0, 0.05) is 6.20 Å². The van der Waals surface area contributed by atoms with Crippen LogP contribution >= 0.6 is 27.3 Å². The van der Waals surface area contributed by atoms with Crippen molar-refractivity contribution in [3.05, 3.63) is 53.1 Å². The Morgan fingerprint density at radius 1 is 1.34 bits per heavy atom. The maximum atomic E-state index is 12.4. The number of nitrogens with zero attached hydrogens (tertiary/aromatic N) is 2. The standard InChI is InChI=1S/C21H29ClN4O7P2/c1-12(2)30-17(28)13(3)25-35(34,32-14-8-6-5-7-9-14)33-18-16(27)21(4,22)19(31-18)26-11-10-15(23)24-20(26)29/h5-13,16,18-19,25,27,34H,1-4H3,(H2,23,24,29)/t13-,16-,18-,19-,21-,35+/m1/s1. The number of rotatable bonds is 9. The second kappa shape index (κ2) is 11.0.